The van der Waals surface area contributed by atoms with Gasteiger partial charge in [-0.15, -0.1) is 0 Å². The highest BCUT2D eigenvalue weighted by Gasteiger charge is 2.51. The van der Waals surface area contributed by atoms with E-state index in [1.165, 1.54) is 26.9 Å². The Bertz CT molecular complexity index is 958. The van der Waals surface area contributed by atoms with E-state index in [4.69, 9.17) is 11.6 Å². The Balaban J connectivity index is 1.56. The molecule has 2 aromatic heterocycles. The zero-order valence-corrected chi connectivity index (χ0v) is 16.3. The van der Waals surface area contributed by atoms with Crippen molar-refractivity contribution in [1.82, 2.24) is 19.7 Å². The third-order valence-electron chi connectivity index (χ3n) is 5.50. The van der Waals surface area contributed by atoms with E-state index >= 15 is 8.78 Å². The molecule has 2 aliphatic rings. The Kier molecular flexibility index (Phi) is 5.13. The largest absolute Gasteiger partial charge is 0.362 e. The molecule has 0 radical (unpaired) electrons. The monoisotopic (exact) mass is 420 g/mol. The van der Waals surface area contributed by atoms with Gasteiger partial charge >= 0.3 is 0 Å². The molecule has 0 saturated carbocycles. The highest BCUT2D eigenvalue weighted by atomic mass is 35.5. The van der Waals surface area contributed by atoms with Gasteiger partial charge in [0, 0.05) is 25.5 Å². The molecule has 7 nitrogen and oxygen atoms in total. The molecule has 0 N–H and O–H groups in total. The van der Waals surface area contributed by atoms with Crippen LogP contribution in [0.1, 0.15) is 19.3 Å². The number of nitriles is 1. The van der Waals surface area contributed by atoms with Gasteiger partial charge in [-0.25, -0.2) is 13.5 Å². The first-order valence-electron chi connectivity index (χ1n) is 9.38. The van der Waals surface area contributed by atoms with Crippen molar-refractivity contribution in [3.05, 3.63) is 35.9 Å². The number of anilines is 1. The number of halogens is 3. The lowest BCUT2D eigenvalue weighted by Gasteiger charge is -2.40. The first-order valence-corrected chi connectivity index (χ1v) is 9.76. The van der Waals surface area contributed by atoms with Crippen LogP contribution in [0.3, 0.4) is 0 Å². The van der Waals surface area contributed by atoms with Gasteiger partial charge in [0.1, 0.15) is 12.0 Å². The number of pyridine rings is 1. The van der Waals surface area contributed by atoms with Crippen LogP contribution < -0.4 is 4.90 Å². The topological polar surface area (TPSA) is 78.0 Å². The van der Waals surface area contributed by atoms with Crippen LogP contribution >= 0.6 is 11.6 Å². The van der Waals surface area contributed by atoms with E-state index in [9.17, 15) is 10.1 Å². The summed E-state index contributed by atoms with van der Waals surface area (Å²) < 4.78 is 31.6. The predicted molar refractivity (Wildman–Crippen MR) is 102 cm³/mol. The summed E-state index contributed by atoms with van der Waals surface area (Å²) in [5.41, 5.74) is 1.07. The molecule has 0 bridgehead atoms. The summed E-state index contributed by atoms with van der Waals surface area (Å²) in [4.78, 5) is 19.7. The molecule has 2 aliphatic heterocycles. The smallest absolute Gasteiger partial charge is 0.276 e. The fourth-order valence-corrected chi connectivity index (χ4v) is 4.20. The lowest BCUT2D eigenvalue weighted by atomic mass is 9.90. The summed E-state index contributed by atoms with van der Waals surface area (Å²) in [7, 11) is 0. The molecule has 4 heterocycles. The Hall–Kier alpha value is -2.73. The number of carbonyl (C=O) groups is 1. The molecule has 4 rings (SSSR count). The highest BCUT2D eigenvalue weighted by molar-refractivity contribution is 6.30. The van der Waals surface area contributed by atoms with Gasteiger partial charge in [-0.3, -0.25) is 9.78 Å². The zero-order valence-electron chi connectivity index (χ0n) is 15.5. The highest BCUT2D eigenvalue weighted by Crippen LogP contribution is 2.38. The summed E-state index contributed by atoms with van der Waals surface area (Å²) in [6, 6.07) is 3.12. The average Bonchev–Trinajstić information content (AvgIpc) is 3.35. The van der Waals surface area contributed by atoms with Crippen LogP contribution in [0.25, 0.3) is 5.69 Å². The summed E-state index contributed by atoms with van der Waals surface area (Å²) in [5.74, 6) is -5.27. The van der Waals surface area contributed by atoms with Crippen LogP contribution in [0.15, 0.2) is 30.9 Å². The summed E-state index contributed by atoms with van der Waals surface area (Å²) in [6.45, 7) is 0.0209. The number of carbonyl (C=O) groups excluding carboxylic acids is 1. The summed E-state index contributed by atoms with van der Waals surface area (Å²) in [6.07, 6.45) is 7.32. The molecule has 2 aromatic rings. The second-order valence-corrected chi connectivity index (χ2v) is 7.75. The average molecular weight is 421 g/mol. The third kappa shape index (κ3) is 3.65. The second-order valence-electron chi connectivity index (χ2n) is 7.31. The lowest BCUT2D eigenvalue weighted by Crippen LogP contribution is -2.55. The van der Waals surface area contributed by atoms with Gasteiger partial charge < -0.3 is 9.80 Å². The van der Waals surface area contributed by atoms with E-state index in [0.717, 1.165) is 0 Å². The van der Waals surface area contributed by atoms with Gasteiger partial charge in [0.15, 0.2) is 0 Å². The van der Waals surface area contributed by atoms with Crippen LogP contribution in [-0.2, 0) is 4.79 Å². The van der Waals surface area contributed by atoms with E-state index in [1.54, 1.807) is 18.5 Å². The van der Waals surface area contributed by atoms with Crippen molar-refractivity contribution in [2.45, 2.75) is 31.2 Å². The standard InChI is InChI=1S/C19H19ClF2N6O/c20-13-9-25-28(11-13)16-3-5-24-10-17(16)26-7-4-15(19(21,22)12-26)18(29)27-6-1-2-14(27)8-23/h3,5,9-11,14-15H,1-2,4,6-7,12H2/t14-,15-/m1/s1. The minimum atomic E-state index is -3.23. The Labute approximate surface area is 171 Å². The van der Waals surface area contributed by atoms with Crippen molar-refractivity contribution < 1.29 is 13.6 Å². The molecular formula is C19H19ClF2N6O. The molecule has 29 heavy (non-hydrogen) atoms. The Morgan fingerprint density at radius 2 is 2.10 bits per heavy atom. The number of piperidine rings is 1. The molecule has 152 valence electrons. The molecule has 0 aromatic carbocycles. The maximum absolute atomic E-state index is 15.0. The first-order chi connectivity index (χ1) is 13.9. The number of hydrogen-bond acceptors (Lipinski definition) is 5. The van der Waals surface area contributed by atoms with Crippen molar-refractivity contribution in [3.63, 3.8) is 0 Å². The minimum Gasteiger partial charge on any atom is -0.362 e. The molecule has 2 fully saturated rings. The number of aromatic nitrogens is 3. The fraction of sp³-hybridized carbons (Fsp3) is 0.474. The van der Waals surface area contributed by atoms with Gasteiger partial charge in [0.25, 0.3) is 5.92 Å². The van der Waals surface area contributed by atoms with E-state index in [-0.39, 0.29) is 13.0 Å². The van der Waals surface area contributed by atoms with E-state index in [0.29, 0.717) is 35.8 Å². The molecular weight excluding hydrogens is 402 g/mol. The molecule has 0 spiro atoms. The summed E-state index contributed by atoms with van der Waals surface area (Å²) >= 11 is 5.94. The first kappa shape index (κ1) is 19.6. The molecule has 0 aliphatic carbocycles. The van der Waals surface area contributed by atoms with Crippen molar-refractivity contribution in [2.24, 2.45) is 5.92 Å². The van der Waals surface area contributed by atoms with Gasteiger partial charge in [-0.05, 0) is 25.3 Å². The van der Waals surface area contributed by atoms with Crippen LogP contribution in [0.2, 0.25) is 5.02 Å². The van der Waals surface area contributed by atoms with Gasteiger partial charge in [0.05, 0.1) is 41.4 Å². The maximum atomic E-state index is 15.0. The number of hydrogen-bond donors (Lipinski definition) is 0. The lowest BCUT2D eigenvalue weighted by molar-refractivity contribution is -0.152. The second kappa shape index (κ2) is 7.59. The van der Waals surface area contributed by atoms with Gasteiger partial charge in [-0.1, -0.05) is 11.6 Å². The zero-order chi connectivity index (χ0) is 20.6. The predicted octanol–water partition coefficient (Wildman–Crippen LogP) is 2.90. The molecule has 0 unspecified atom stereocenters. The Morgan fingerprint density at radius 1 is 1.28 bits per heavy atom. The number of likely N-dealkylation sites (tertiary alicyclic amines) is 1. The maximum Gasteiger partial charge on any atom is 0.276 e. The van der Waals surface area contributed by atoms with Crippen molar-refractivity contribution in [3.8, 4) is 11.8 Å². The van der Waals surface area contributed by atoms with Crippen molar-refractivity contribution in [2.75, 3.05) is 24.5 Å². The summed E-state index contributed by atoms with van der Waals surface area (Å²) in [5, 5.41) is 13.8. The number of amides is 1. The molecule has 1 amide bonds. The van der Waals surface area contributed by atoms with Crippen molar-refractivity contribution >= 4 is 23.2 Å². The molecule has 2 saturated heterocycles. The Morgan fingerprint density at radius 3 is 2.79 bits per heavy atom. The number of rotatable bonds is 3. The number of nitrogens with zero attached hydrogens (tertiary/aromatic N) is 6. The third-order valence-corrected chi connectivity index (χ3v) is 5.69. The van der Waals surface area contributed by atoms with Crippen molar-refractivity contribution in [1.29, 1.82) is 5.26 Å². The number of alkyl halides is 2. The molecule has 2 atom stereocenters. The van der Waals surface area contributed by atoms with Crippen LogP contribution in [-0.4, -0.2) is 57.2 Å². The van der Waals surface area contributed by atoms with E-state index in [1.807, 2.05) is 6.07 Å². The van der Waals surface area contributed by atoms with Crippen LogP contribution in [0.5, 0.6) is 0 Å². The van der Waals surface area contributed by atoms with Crippen LogP contribution in [0.4, 0.5) is 14.5 Å². The normalized spacial score (nSPS) is 23.8. The van der Waals surface area contributed by atoms with E-state index in [2.05, 4.69) is 10.1 Å². The minimum absolute atomic E-state index is 0.00528. The SMILES string of the molecule is N#C[C@H]1CCCN1C(=O)[C@H]1CCN(c2cnccc2-n2cc(Cl)cn2)CC1(F)F. The fourth-order valence-electron chi connectivity index (χ4n) is 4.06. The van der Waals surface area contributed by atoms with Gasteiger partial charge in [0.2, 0.25) is 5.91 Å². The quantitative estimate of drug-likeness (QED) is 0.763. The van der Waals surface area contributed by atoms with Gasteiger partial charge in [-0.2, -0.15) is 10.4 Å². The van der Waals surface area contributed by atoms with Crippen LogP contribution in [0, 0.1) is 17.2 Å². The molecule has 10 heteroatoms. The van der Waals surface area contributed by atoms with E-state index < -0.39 is 30.3 Å².